The topological polar surface area (TPSA) is 82.2 Å². The molecule has 0 bridgehead atoms. The van der Waals surface area contributed by atoms with Gasteiger partial charge in [0.15, 0.2) is 0 Å². The van der Waals surface area contributed by atoms with Crippen LogP contribution in [0.15, 0.2) is 42.5 Å². The predicted octanol–water partition coefficient (Wildman–Crippen LogP) is 2.63. The maximum atomic E-state index is 15.1. The fraction of sp³-hybridized carbons (Fsp3) is 0.400. The minimum Gasteiger partial charge on any atom is -0.442 e. The number of rotatable bonds is 5. The average molecular weight is 485 g/mol. The van der Waals surface area contributed by atoms with Crippen molar-refractivity contribution in [2.75, 3.05) is 49.1 Å². The Kier molecular flexibility index (Phi) is 6.04. The van der Waals surface area contributed by atoms with Crippen molar-refractivity contribution in [2.45, 2.75) is 13.0 Å². The Balaban J connectivity index is 1.21. The number of fused-ring (bicyclic) bond motifs is 1. The van der Waals surface area contributed by atoms with Crippen LogP contribution < -0.4 is 15.1 Å². The molecule has 3 fully saturated rings. The molecule has 2 aromatic rings. The number of nitrogens with one attached hydrogen (secondary N) is 1. The number of carbonyl (C=O) groups is 3. The van der Waals surface area contributed by atoms with Crippen molar-refractivity contribution in [3.05, 3.63) is 59.7 Å². The second-order valence-corrected chi connectivity index (χ2v) is 9.30. The molecule has 0 saturated carbocycles. The lowest BCUT2D eigenvalue weighted by atomic mass is 10.0. The molecule has 184 valence electrons. The third kappa shape index (κ3) is 4.52. The van der Waals surface area contributed by atoms with Gasteiger partial charge in [-0.2, -0.15) is 0 Å². The molecule has 3 aliphatic rings. The summed E-state index contributed by atoms with van der Waals surface area (Å²) in [7, 11) is 0. The van der Waals surface area contributed by atoms with Crippen molar-refractivity contribution in [1.29, 1.82) is 0 Å². The Bertz CT molecular complexity index is 1160. The van der Waals surface area contributed by atoms with Crippen LogP contribution in [0.4, 0.5) is 25.0 Å². The van der Waals surface area contributed by atoms with E-state index in [1.165, 1.54) is 30.0 Å². The van der Waals surface area contributed by atoms with Gasteiger partial charge < -0.3 is 19.9 Å². The summed E-state index contributed by atoms with van der Waals surface area (Å²) in [6.45, 7) is 3.99. The van der Waals surface area contributed by atoms with Gasteiger partial charge in [0.05, 0.1) is 30.0 Å². The van der Waals surface area contributed by atoms with Crippen molar-refractivity contribution in [1.82, 2.24) is 10.2 Å². The lowest BCUT2D eigenvalue weighted by Gasteiger charge is -2.24. The Hall–Kier alpha value is -3.69. The van der Waals surface area contributed by atoms with Crippen LogP contribution in [0, 0.1) is 23.5 Å². The molecule has 0 radical (unpaired) electrons. The smallest absolute Gasteiger partial charge is 0.414 e. The van der Waals surface area contributed by atoms with Gasteiger partial charge in [-0.15, -0.1) is 0 Å². The second-order valence-electron chi connectivity index (χ2n) is 9.30. The van der Waals surface area contributed by atoms with E-state index < -0.39 is 23.8 Å². The molecule has 5 rings (SSSR count). The number of ether oxygens (including phenoxy) is 1. The standard InChI is InChI=1S/C25H26F2N4O4/c1-15(32)28-9-19-14-31(25(34)35-19)18-6-7-23(22(27)8-18)29-10-16-12-30(13-17(16)11-29)24(33)20-4-2-3-5-21(20)26/h2-8,16-17,19H,9-14H2,1H3,(H,28,32). The number of amides is 3. The van der Waals surface area contributed by atoms with Gasteiger partial charge in [-0.05, 0) is 30.3 Å². The molecule has 0 spiro atoms. The van der Waals surface area contributed by atoms with Crippen molar-refractivity contribution in [3.8, 4) is 0 Å². The van der Waals surface area contributed by atoms with Crippen LogP contribution in [0.5, 0.6) is 0 Å². The number of carbonyl (C=O) groups excluding carboxylic acids is 3. The fourth-order valence-corrected chi connectivity index (χ4v) is 5.18. The lowest BCUT2D eigenvalue weighted by molar-refractivity contribution is -0.119. The second kappa shape index (κ2) is 9.16. The summed E-state index contributed by atoms with van der Waals surface area (Å²) in [4.78, 5) is 41.0. The van der Waals surface area contributed by atoms with Gasteiger partial charge in [0.1, 0.15) is 17.7 Å². The number of nitrogens with zero attached hydrogens (tertiary/aromatic N) is 3. The number of hydrogen-bond donors (Lipinski definition) is 1. The van der Waals surface area contributed by atoms with Crippen molar-refractivity contribution in [2.24, 2.45) is 11.8 Å². The summed E-state index contributed by atoms with van der Waals surface area (Å²) in [5.74, 6) is -1.15. The first-order chi connectivity index (χ1) is 16.8. The van der Waals surface area contributed by atoms with E-state index in [1.54, 1.807) is 29.2 Å². The van der Waals surface area contributed by atoms with E-state index in [4.69, 9.17) is 4.74 Å². The third-order valence-electron chi connectivity index (χ3n) is 6.91. The van der Waals surface area contributed by atoms with Gasteiger partial charge in [0.2, 0.25) is 5.91 Å². The molecule has 8 nitrogen and oxygen atoms in total. The molecular weight excluding hydrogens is 458 g/mol. The largest absolute Gasteiger partial charge is 0.442 e. The zero-order valence-corrected chi connectivity index (χ0v) is 19.2. The number of halogens is 2. The summed E-state index contributed by atoms with van der Waals surface area (Å²) >= 11 is 0. The maximum absolute atomic E-state index is 15.1. The summed E-state index contributed by atoms with van der Waals surface area (Å²) < 4.78 is 34.4. The molecule has 3 heterocycles. The van der Waals surface area contributed by atoms with E-state index in [-0.39, 0.29) is 42.3 Å². The number of cyclic esters (lactones) is 1. The van der Waals surface area contributed by atoms with Gasteiger partial charge in [-0.3, -0.25) is 14.5 Å². The van der Waals surface area contributed by atoms with Gasteiger partial charge in [0.25, 0.3) is 5.91 Å². The van der Waals surface area contributed by atoms with Crippen LogP contribution in [-0.2, 0) is 9.53 Å². The third-order valence-corrected chi connectivity index (χ3v) is 6.91. The number of hydrogen-bond acceptors (Lipinski definition) is 5. The predicted molar refractivity (Wildman–Crippen MR) is 124 cm³/mol. The van der Waals surface area contributed by atoms with E-state index in [2.05, 4.69) is 5.32 Å². The van der Waals surface area contributed by atoms with Crippen molar-refractivity contribution < 1.29 is 27.9 Å². The number of benzene rings is 2. The normalized spacial score (nSPS) is 23.5. The highest BCUT2D eigenvalue weighted by Crippen LogP contribution is 2.37. The van der Waals surface area contributed by atoms with Gasteiger partial charge >= 0.3 is 6.09 Å². The van der Waals surface area contributed by atoms with Crippen molar-refractivity contribution in [3.63, 3.8) is 0 Å². The van der Waals surface area contributed by atoms with E-state index in [0.29, 0.717) is 37.6 Å². The van der Waals surface area contributed by atoms with Crippen LogP contribution in [-0.4, -0.2) is 68.2 Å². The maximum Gasteiger partial charge on any atom is 0.414 e. The van der Waals surface area contributed by atoms with Crippen LogP contribution in [0.2, 0.25) is 0 Å². The number of anilines is 2. The molecule has 3 unspecified atom stereocenters. The highest BCUT2D eigenvalue weighted by Gasteiger charge is 2.43. The zero-order chi connectivity index (χ0) is 24.7. The van der Waals surface area contributed by atoms with Crippen LogP contribution in [0.1, 0.15) is 17.3 Å². The Morgan fingerprint density at radius 2 is 1.71 bits per heavy atom. The molecule has 10 heteroatoms. The Morgan fingerprint density at radius 3 is 2.37 bits per heavy atom. The van der Waals surface area contributed by atoms with Gasteiger partial charge in [0, 0.05) is 44.9 Å². The first kappa shape index (κ1) is 23.1. The molecule has 0 aliphatic carbocycles. The molecule has 3 atom stereocenters. The van der Waals surface area contributed by atoms with E-state index in [9.17, 15) is 18.8 Å². The molecule has 3 saturated heterocycles. The summed E-state index contributed by atoms with van der Waals surface area (Å²) in [6, 6.07) is 10.6. The molecule has 1 N–H and O–H groups in total. The zero-order valence-electron chi connectivity index (χ0n) is 19.2. The average Bonchev–Trinajstić information content (AvgIpc) is 3.50. The fourth-order valence-electron chi connectivity index (χ4n) is 5.18. The summed E-state index contributed by atoms with van der Waals surface area (Å²) in [5.41, 5.74) is 0.908. The first-order valence-corrected chi connectivity index (χ1v) is 11.6. The lowest BCUT2D eigenvalue weighted by Crippen LogP contribution is -2.34. The molecule has 0 aromatic heterocycles. The van der Waals surface area contributed by atoms with Crippen molar-refractivity contribution >= 4 is 29.3 Å². The summed E-state index contributed by atoms with van der Waals surface area (Å²) in [5, 5.41) is 2.61. The number of likely N-dealkylation sites (tertiary alicyclic amines) is 1. The Morgan fingerprint density at radius 1 is 1.00 bits per heavy atom. The van der Waals surface area contributed by atoms with Gasteiger partial charge in [-0.1, -0.05) is 12.1 Å². The van der Waals surface area contributed by atoms with E-state index >= 15 is 4.39 Å². The minimum absolute atomic E-state index is 0.0747. The highest BCUT2D eigenvalue weighted by atomic mass is 19.1. The monoisotopic (exact) mass is 484 g/mol. The van der Waals surface area contributed by atoms with Crippen LogP contribution in [0.3, 0.4) is 0 Å². The first-order valence-electron chi connectivity index (χ1n) is 11.6. The molecule has 35 heavy (non-hydrogen) atoms. The molecule has 3 aliphatic heterocycles. The molecule has 2 aromatic carbocycles. The van der Waals surface area contributed by atoms with Gasteiger partial charge in [-0.25, -0.2) is 13.6 Å². The quantitative estimate of drug-likeness (QED) is 0.706. The summed E-state index contributed by atoms with van der Waals surface area (Å²) in [6.07, 6.45) is -1.08. The van der Waals surface area contributed by atoms with E-state index in [0.717, 1.165) is 0 Å². The Labute approximate surface area is 201 Å². The minimum atomic E-state index is -0.581. The SMILES string of the molecule is CC(=O)NCC1CN(c2ccc(N3CC4CN(C(=O)c5ccccc5F)CC4C3)c(F)c2)C(=O)O1. The van der Waals surface area contributed by atoms with Crippen LogP contribution in [0.25, 0.3) is 0 Å². The molecule has 3 amide bonds. The van der Waals surface area contributed by atoms with E-state index in [1.807, 2.05) is 4.90 Å². The highest BCUT2D eigenvalue weighted by molar-refractivity contribution is 5.94. The van der Waals surface area contributed by atoms with Crippen LogP contribution >= 0.6 is 0 Å². The molecular formula is C25H26F2N4O4.